The predicted octanol–water partition coefficient (Wildman–Crippen LogP) is 4.60. The summed E-state index contributed by atoms with van der Waals surface area (Å²) in [6.07, 6.45) is 2.91. The minimum atomic E-state index is -0.329. The number of benzene rings is 1. The normalized spacial score (nSPS) is 11.1. The maximum Gasteiger partial charge on any atom is 0.273 e. The zero-order valence-electron chi connectivity index (χ0n) is 16.1. The second kappa shape index (κ2) is 9.51. The Balaban J connectivity index is 1.41. The molecule has 0 fully saturated rings. The molecule has 0 aliphatic rings. The highest BCUT2D eigenvalue weighted by Gasteiger charge is 2.16. The van der Waals surface area contributed by atoms with E-state index in [1.165, 1.54) is 23.3 Å². The van der Waals surface area contributed by atoms with Gasteiger partial charge >= 0.3 is 0 Å². The van der Waals surface area contributed by atoms with Gasteiger partial charge in [-0.1, -0.05) is 18.2 Å². The van der Waals surface area contributed by atoms with E-state index in [1.807, 2.05) is 11.4 Å². The number of carbonyl (C=O) groups is 1. The van der Waals surface area contributed by atoms with Gasteiger partial charge in [0, 0.05) is 18.0 Å². The SMILES string of the molecule is O=C(NCc1ccco1)c1coc(CN(Cc2ccc(F)cc2)Cc2cccs2)n1. The number of hydrogen-bond acceptors (Lipinski definition) is 6. The van der Waals surface area contributed by atoms with Gasteiger partial charge in [-0.25, -0.2) is 9.37 Å². The smallest absolute Gasteiger partial charge is 0.273 e. The molecule has 4 aromatic rings. The van der Waals surface area contributed by atoms with Gasteiger partial charge in [-0.3, -0.25) is 9.69 Å². The molecule has 0 spiro atoms. The Labute approximate surface area is 177 Å². The molecule has 8 heteroatoms. The van der Waals surface area contributed by atoms with Crippen molar-refractivity contribution in [1.29, 1.82) is 0 Å². The fraction of sp³-hybridized carbons (Fsp3) is 0.182. The molecule has 30 heavy (non-hydrogen) atoms. The lowest BCUT2D eigenvalue weighted by molar-refractivity contribution is 0.0943. The molecule has 3 aromatic heterocycles. The molecule has 0 saturated heterocycles. The Hall–Kier alpha value is -3.23. The van der Waals surface area contributed by atoms with Gasteiger partial charge < -0.3 is 14.2 Å². The van der Waals surface area contributed by atoms with Gasteiger partial charge in [0.25, 0.3) is 5.91 Å². The lowest BCUT2D eigenvalue weighted by Crippen LogP contribution is -2.24. The van der Waals surface area contributed by atoms with Gasteiger partial charge in [0.2, 0.25) is 5.89 Å². The number of furan rings is 1. The molecule has 6 nitrogen and oxygen atoms in total. The van der Waals surface area contributed by atoms with Crippen molar-refractivity contribution < 1.29 is 18.0 Å². The number of rotatable bonds is 9. The van der Waals surface area contributed by atoms with Crippen LogP contribution in [0.15, 0.2) is 75.3 Å². The van der Waals surface area contributed by atoms with Gasteiger partial charge in [0.1, 0.15) is 17.8 Å². The van der Waals surface area contributed by atoms with Crippen LogP contribution in [-0.2, 0) is 26.2 Å². The summed E-state index contributed by atoms with van der Waals surface area (Å²) < 4.78 is 24.0. The molecule has 0 aliphatic carbocycles. The Morgan fingerprint density at radius 3 is 2.67 bits per heavy atom. The summed E-state index contributed by atoms with van der Waals surface area (Å²) in [5, 5.41) is 4.77. The number of nitrogens with one attached hydrogen (secondary N) is 1. The highest BCUT2D eigenvalue weighted by molar-refractivity contribution is 7.09. The van der Waals surface area contributed by atoms with E-state index >= 15 is 0 Å². The monoisotopic (exact) mass is 425 g/mol. The number of carbonyl (C=O) groups excluding carboxylic acids is 1. The van der Waals surface area contributed by atoms with E-state index in [-0.39, 0.29) is 24.0 Å². The number of halogens is 1. The zero-order valence-corrected chi connectivity index (χ0v) is 16.9. The van der Waals surface area contributed by atoms with Gasteiger partial charge in [0.05, 0.1) is 19.4 Å². The quantitative estimate of drug-likeness (QED) is 0.424. The minimum absolute atomic E-state index is 0.217. The molecule has 154 valence electrons. The average Bonchev–Trinajstić information content (AvgIpc) is 3.51. The average molecular weight is 425 g/mol. The molecule has 0 saturated carbocycles. The standard InChI is InChI=1S/C22H20FN3O3S/c23-17-7-5-16(6-8-17)12-26(13-19-4-2-10-30-19)14-21-25-20(15-29-21)22(27)24-11-18-3-1-9-28-18/h1-10,15H,11-14H2,(H,24,27). The summed E-state index contributed by atoms with van der Waals surface area (Å²) in [4.78, 5) is 20.0. The molecule has 1 aromatic carbocycles. The molecular formula is C22H20FN3O3S. The Morgan fingerprint density at radius 1 is 1.07 bits per heavy atom. The van der Waals surface area contributed by atoms with Gasteiger partial charge in [-0.15, -0.1) is 11.3 Å². The first-order chi connectivity index (χ1) is 14.7. The molecule has 1 N–H and O–H groups in total. The predicted molar refractivity (Wildman–Crippen MR) is 110 cm³/mol. The fourth-order valence-electron chi connectivity index (χ4n) is 2.99. The molecule has 0 aliphatic heterocycles. The van der Waals surface area contributed by atoms with Gasteiger partial charge in [0.15, 0.2) is 5.69 Å². The summed E-state index contributed by atoms with van der Waals surface area (Å²) in [6.45, 7) is 1.99. The number of nitrogens with zero attached hydrogens (tertiary/aromatic N) is 2. The molecule has 3 heterocycles. The Kier molecular flexibility index (Phi) is 6.36. The molecule has 1 amide bonds. The van der Waals surface area contributed by atoms with Crippen molar-refractivity contribution in [2.75, 3.05) is 0 Å². The topological polar surface area (TPSA) is 71.5 Å². The van der Waals surface area contributed by atoms with Crippen LogP contribution in [-0.4, -0.2) is 15.8 Å². The van der Waals surface area contributed by atoms with Crippen LogP contribution in [0.4, 0.5) is 4.39 Å². The number of aromatic nitrogens is 1. The molecule has 4 rings (SSSR count). The Bertz CT molecular complexity index is 1060. The lowest BCUT2D eigenvalue weighted by Gasteiger charge is -2.20. The van der Waals surface area contributed by atoms with Crippen LogP contribution in [0.3, 0.4) is 0 Å². The van der Waals surface area contributed by atoms with Crippen LogP contribution in [0, 0.1) is 5.82 Å². The van der Waals surface area contributed by atoms with Crippen LogP contribution in [0.1, 0.15) is 32.6 Å². The van der Waals surface area contributed by atoms with E-state index in [9.17, 15) is 9.18 Å². The number of thiophene rings is 1. The summed E-state index contributed by atoms with van der Waals surface area (Å²) in [5.74, 6) is 0.511. The van der Waals surface area contributed by atoms with E-state index in [2.05, 4.69) is 21.3 Å². The van der Waals surface area contributed by atoms with Crippen LogP contribution in [0.5, 0.6) is 0 Å². The Morgan fingerprint density at radius 2 is 1.93 bits per heavy atom. The largest absolute Gasteiger partial charge is 0.467 e. The molecular weight excluding hydrogens is 405 g/mol. The zero-order chi connectivity index (χ0) is 20.8. The van der Waals surface area contributed by atoms with Crippen LogP contribution < -0.4 is 5.32 Å². The number of oxazole rings is 1. The second-order valence-corrected chi connectivity index (χ2v) is 7.77. The van der Waals surface area contributed by atoms with Crippen molar-refractivity contribution in [3.05, 3.63) is 100 Å². The summed E-state index contributed by atoms with van der Waals surface area (Å²) >= 11 is 1.66. The van der Waals surface area contributed by atoms with E-state index in [0.717, 1.165) is 5.56 Å². The van der Waals surface area contributed by atoms with Crippen LogP contribution in [0.25, 0.3) is 0 Å². The maximum absolute atomic E-state index is 13.2. The third-order valence-electron chi connectivity index (χ3n) is 4.43. The fourth-order valence-corrected chi connectivity index (χ4v) is 3.74. The van der Waals surface area contributed by atoms with Crippen molar-refractivity contribution in [2.45, 2.75) is 26.2 Å². The second-order valence-electron chi connectivity index (χ2n) is 6.74. The van der Waals surface area contributed by atoms with E-state index in [0.29, 0.717) is 31.3 Å². The summed E-state index contributed by atoms with van der Waals surface area (Å²) in [5.41, 5.74) is 1.20. The third-order valence-corrected chi connectivity index (χ3v) is 5.29. The van der Waals surface area contributed by atoms with Crippen molar-refractivity contribution >= 4 is 17.2 Å². The van der Waals surface area contributed by atoms with E-state index in [4.69, 9.17) is 8.83 Å². The number of hydrogen-bond donors (Lipinski definition) is 1. The van der Waals surface area contributed by atoms with Crippen LogP contribution in [0.2, 0.25) is 0 Å². The maximum atomic E-state index is 13.2. The van der Waals surface area contributed by atoms with Crippen molar-refractivity contribution in [3.63, 3.8) is 0 Å². The first kappa shape index (κ1) is 20.1. The lowest BCUT2D eigenvalue weighted by atomic mass is 10.2. The number of amides is 1. The molecule has 0 bridgehead atoms. The third kappa shape index (κ3) is 5.43. The highest BCUT2D eigenvalue weighted by atomic mass is 32.1. The molecule has 0 atom stereocenters. The van der Waals surface area contributed by atoms with Crippen molar-refractivity contribution in [1.82, 2.24) is 15.2 Å². The molecule has 0 radical (unpaired) electrons. The van der Waals surface area contributed by atoms with Gasteiger partial charge in [-0.05, 0) is 41.3 Å². The van der Waals surface area contributed by atoms with Crippen molar-refractivity contribution in [2.24, 2.45) is 0 Å². The van der Waals surface area contributed by atoms with Gasteiger partial charge in [-0.2, -0.15) is 0 Å². The van der Waals surface area contributed by atoms with Crippen LogP contribution >= 0.6 is 11.3 Å². The first-order valence-electron chi connectivity index (χ1n) is 9.40. The minimum Gasteiger partial charge on any atom is -0.467 e. The highest BCUT2D eigenvalue weighted by Crippen LogP contribution is 2.17. The summed E-state index contributed by atoms with van der Waals surface area (Å²) in [6, 6.07) is 14.0. The van der Waals surface area contributed by atoms with Crippen molar-refractivity contribution in [3.8, 4) is 0 Å². The summed E-state index contributed by atoms with van der Waals surface area (Å²) in [7, 11) is 0. The molecule has 0 unspecified atom stereocenters. The first-order valence-corrected chi connectivity index (χ1v) is 10.3. The van der Waals surface area contributed by atoms with E-state index in [1.54, 1.807) is 41.9 Å². The van der Waals surface area contributed by atoms with E-state index < -0.39 is 0 Å².